The second-order valence-electron chi connectivity index (χ2n) is 5.98. The number of rotatable bonds is 9. The van der Waals surface area contributed by atoms with Crippen molar-refractivity contribution in [3.05, 3.63) is 40.9 Å². The molecule has 0 atom stereocenters. The van der Waals surface area contributed by atoms with Crippen LogP contribution < -0.4 is 10.9 Å². The van der Waals surface area contributed by atoms with Gasteiger partial charge in [0.15, 0.2) is 6.61 Å². The van der Waals surface area contributed by atoms with Gasteiger partial charge in [-0.2, -0.15) is 0 Å². The summed E-state index contributed by atoms with van der Waals surface area (Å²) in [4.78, 5) is 39.9. The van der Waals surface area contributed by atoms with Crippen LogP contribution in [-0.2, 0) is 25.6 Å². The Morgan fingerprint density at radius 1 is 1.27 bits per heavy atom. The Hall–Kier alpha value is -2.74. The first-order valence-corrected chi connectivity index (χ1v) is 8.45. The Morgan fingerprint density at radius 3 is 2.81 bits per heavy atom. The van der Waals surface area contributed by atoms with Crippen LogP contribution >= 0.6 is 0 Å². The zero-order chi connectivity index (χ0) is 18.9. The van der Waals surface area contributed by atoms with Crippen LogP contribution in [0.5, 0.6) is 0 Å². The zero-order valence-corrected chi connectivity index (χ0v) is 14.9. The summed E-state index contributed by atoms with van der Waals surface area (Å²) in [5, 5.41) is 3.05. The molecule has 1 N–H and O–H groups in total. The highest BCUT2D eigenvalue weighted by atomic mass is 16.5. The van der Waals surface area contributed by atoms with Crippen LogP contribution in [0.25, 0.3) is 10.9 Å². The fourth-order valence-corrected chi connectivity index (χ4v) is 2.22. The van der Waals surface area contributed by atoms with Crippen LogP contribution in [0.15, 0.2) is 35.4 Å². The molecule has 0 aliphatic heterocycles. The van der Waals surface area contributed by atoms with Gasteiger partial charge in [-0.05, 0) is 32.4 Å². The van der Waals surface area contributed by atoms with E-state index in [0.29, 0.717) is 30.5 Å². The van der Waals surface area contributed by atoms with Crippen molar-refractivity contribution < 1.29 is 19.1 Å². The molecule has 2 rings (SSSR count). The number of hydrogen-bond acceptors (Lipinski definition) is 6. The predicted octanol–water partition coefficient (Wildman–Crippen LogP) is 0.871. The number of esters is 1. The SMILES string of the molecule is CC(C)OCCCNC(=O)COC(=O)Cn1cnc2ccccc2c1=O. The molecule has 140 valence electrons. The third-order valence-electron chi connectivity index (χ3n) is 3.49. The van der Waals surface area contributed by atoms with E-state index in [0.717, 1.165) is 4.57 Å². The summed E-state index contributed by atoms with van der Waals surface area (Å²) in [7, 11) is 0. The molecule has 0 saturated carbocycles. The van der Waals surface area contributed by atoms with Crippen LogP contribution in [0.3, 0.4) is 0 Å². The Labute approximate surface area is 151 Å². The fourth-order valence-electron chi connectivity index (χ4n) is 2.22. The van der Waals surface area contributed by atoms with E-state index in [-0.39, 0.29) is 24.8 Å². The van der Waals surface area contributed by atoms with E-state index in [1.165, 1.54) is 6.33 Å². The van der Waals surface area contributed by atoms with E-state index in [1.54, 1.807) is 24.3 Å². The molecule has 0 fully saturated rings. The van der Waals surface area contributed by atoms with Crippen LogP contribution in [0.2, 0.25) is 0 Å². The van der Waals surface area contributed by atoms with Gasteiger partial charge in [0, 0.05) is 13.2 Å². The molecule has 1 aromatic heterocycles. The summed E-state index contributed by atoms with van der Waals surface area (Å²) in [6.45, 7) is 4.18. The number of ether oxygens (including phenoxy) is 2. The maximum atomic E-state index is 12.3. The quantitative estimate of drug-likeness (QED) is 0.526. The Kier molecular flexibility index (Phi) is 7.28. The first-order chi connectivity index (χ1) is 12.5. The van der Waals surface area contributed by atoms with Gasteiger partial charge in [0.1, 0.15) is 6.54 Å². The molecule has 8 nitrogen and oxygen atoms in total. The van der Waals surface area contributed by atoms with Crippen molar-refractivity contribution in [3.8, 4) is 0 Å². The summed E-state index contributed by atoms with van der Waals surface area (Å²) in [5.74, 6) is -1.07. The van der Waals surface area contributed by atoms with Gasteiger partial charge in [0.2, 0.25) is 0 Å². The predicted molar refractivity (Wildman–Crippen MR) is 95.7 cm³/mol. The van der Waals surface area contributed by atoms with Crippen LogP contribution in [0.1, 0.15) is 20.3 Å². The lowest BCUT2D eigenvalue weighted by Crippen LogP contribution is -2.32. The summed E-state index contributed by atoms with van der Waals surface area (Å²) in [6.07, 6.45) is 2.12. The lowest BCUT2D eigenvalue weighted by Gasteiger charge is -2.09. The summed E-state index contributed by atoms with van der Waals surface area (Å²) in [5.41, 5.74) is 0.227. The van der Waals surface area contributed by atoms with E-state index in [9.17, 15) is 14.4 Å². The van der Waals surface area contributed by atoms with Gasteiger partial charge in [0.05, 0.1) is 23.3 Å². The molecule has 0 unspecified atom stereocenters. The smallest absolute Gasteiger partial charge is 0.326 e. The number of fused-ring (bicyclic) bond motifs is 1. The zero-order valence-electron chi connectivity index (χ0n) is 14.9. The number of nitrogens with one attached hydrogen (secondary N) is 1. The molecule has 0 bridgehead atoms. The average molecular weight is 361 g/mol. The Morgan fingerprint density at radius 2 is 2.04 bits per heavy atom. The molecular formula is C18H23N3O5. The third-order valence-corrected chi connectivity index (χ3v) is 3.49. The first kappa shape index (κ1) is 19.6. The van der Waals surface area contributed by atoms with Gasteiger partial charge in [-0.3, -0.25) is 19.0 Å². The van der Waals surface area contributed by atoms with Gasteiger partial charge in [-0.1, -0.05) is 12.1 Å². The number of benzene rings is 1. The Balaban J connectivity index is 1.76. The molecule has 1 aromatic carbocycles. The second-order valence-corrected chi connectivity index (χ2v) is 5.98. The van der Waals surface area contributed by atoms with E-state index in [1.807, 2.05) is 13.8 Å². The molecule has 1 heterocycles. The van der Waals surface area contributed by atoms with Crippen molar-refractivity contribution in [2.45, 2.75) is 32.9 Å². The number of amides is 1. The summed E-state index contributed by atoms with van der Waals surface area (Å²) >= 11 is 0. The van der Waals surface area contributed by atoms with Crippen LogP contribution in [-0.4, -0.2) is 47.3 Å². The molecule has 0 radical (unpaired) electrons. The van der Waals surface area contributed by atoms with Gasteiger partial charge in [0.25, 0.3) is 11.5 Å². The van der Waals surface area contributed by atoms with Gasteiger partial charge >= 0.3 is 5.97 Å². The molecule has 0 aliphatic rings. The van der Waals surface area contributed by atoms with Gasteiger partial charge in [-0.25, -0.2) is 4.98 Å². The molecule has 0 spiro atoms. The first-order valence-electron chi connectivity index (χ1n) is 8.45. The van der Waals surface area contributed by atoms with Gasteiger partial charge in [-0.15, -0.1) is 0 Å². The highest BCUT2D eigenvalue weighted by molar-refractivity contribution is 5.81. The molecule has 8 heteroatoms. The number of nitrogens with zero attached hydrogens (tertiary/aromatic N) is 2. The van der Waals surface area contributed by atoms with Gasteiger partial charge < -0.3 is 14.8 Å². The number of hydrogen-bond donors (Lipinski definition) is 1. The minimum absolute atomic E-state index is 0.152. The topological polar surface area (TPSA) is 99.5 Å². The lowest BCUT2D eigenvalue weighted by molar-refractivity contribution is -0.149. The number of carbonyl (C=O) groups is 2. The third kappa shape index (κ3) is 5.96. The van der Waals surface area contributed by atoms with Crippen molar-refractivity contribution in [3.63, 3.8) is 0 Å². The second kappa shape index (κ2) is 9.67. The molecule has 0 saturated heterocycles. The van der Waals surface area contributed by atoms with Crippen molar-refractivity contribution in [2.75, 3.05) is 19.8 Å². The van der Waals surface area contributed by atoms with E-state index < -0.39 is 11.9 Å². The van der Waals surface area contributed by atoms with Crippen molar-refractivity contribution in [1.82, 2.24) is 14.9 Å². The minimum atomic E-state index is -0.678. The van der Waals surface area contributed by atoms with E-state index in [2.05, 4.69) is 10.3 Å². The Bertz CT molecular complexity index is 816. The molecule has 1 amide bonds. The van der Waals surface area contributed by atoms with E-state index >= 15 is 0 Å². The lowest BCUT2D eigenvalue weighted by atomic mass is 10.2. The number of aromatic nitrogens is 2. The van der Waals surface area contributed by atoms with Crippen molar-refractivity contribution >= 4 is 22.8 Å². The molecule has 0 aliphatic carbocycles. The van der Waals surface area contributed by atoms with Crippen LogP contribution in [0.4, 0.5) is 0 Å². The number of carbonyl (C=O) groups excluding carboxylic acids is 2. The largest absolute Gasteiger partial charge is 0.454 e. The maximum absolute atomic E-state index is 12.3. The van der Waals surface area contributed by atoms with Crippen LogP contribution in [0, 0.1) is 0 Å². The highest BCUT2D eigenvalue weighted by Crippen LogP contribution is 2.04. The standard InChI is InChI=1S/C18H23N3O5/c1-13(2)25-9-5-8-19-16(22)11-26-17(23)10-21-12-20-15-7-4-3-6-14(15)18(21)24/h3-4,6-7,12-13H,5,8-11H2,1-2H3,(H,19,22). The minimum Gasteiger partial charge on any atom is -0.454 e. The monoisotopic (exact) mass is 361 g/mol. The van der Waals surface area contributed by atoms with Crippen molar-refractivity contribution in [1.29, 1.82) is 0 Å². The molecule has 26 heavy (non-hydrogen) atoms. The molecule has 2 aromatic rings. The highest BCUT2D eigenvalue weighted by Gasteiger charge is 2.11. The molecular weight excluding hydrogens is 338 g/mol. The maximum Gasteiger partial charge on any atom is 0.326 e. The van der Waals surface area contributed by atoms with Crippen molar-refractivity contribution in [2.24, 2.45) is 0 Å². The van der Waals surface area contributed by atoms with E-state index in [4.69, 9.17) is 9.47 Å². The normalized spacial score (nSPS) is 10.9. The number of para-hydroxylation sites is 1. The summed E-state index contributed by atoms with van der Waals surface area (Å²) in [6, 6.07) is 6.87. The average Bonchev–Trinajstić information content (AvgIpc) is 2.62. The summed E-state index contributed by atoms with van der Waals surface area (Å²) < 4.78 is 11.4. The fraction of sp³-hybridized carbons (Fsp3) is 0.444.